The number of urea groups is 1. The van der Waals surface area contributed by atoms with Gasteiger partial charge in [0.05, 0.1) is 11.5 Å². The average molecular weight is 455 g/mol. The number of likely N-dealkylation sites (tertiary alicyclic amines) is 2. The third kappa shape index (κ3) is 4.44. The van der Waals surface area contributed by atoms with Crippen LogP contribution < -0.4 is 4.90 Å². The molecule has 1 aromatic carbocycles. The molecule has 4 aliphatic rings. The van der Waals surface area contributed by atoms with Gasteiger partial charge in [-0.2, -0.15) is 0 Å². The summed E-state index contributed by atoms with van der Waals surface area (Å²) in [5, 5.41) is 9.84. The van der Waals surface area contributed by atoms with Crippen LogP contribution >= 0.6 is 0 Å². The summed E-state index contributed by atoms with van der Waals surface area (Å²) in [4.78, 5) is 35.3. The Hall–Kier alpha value is -2.28. The first-order valence-corrected chi connectivity index (χ1v) is 12.8. The lowest BCUT2D eigenvalue weighted by molar-refractivity contribution is -0.141. The number of hydrogen-bond acceptors (Lipinski definition) is 4. The van der Waals surface area contributed by atoms with Gasteiger partial charge in [0.15, 0.2) is 0 Å². The van der Waals surface area contributed by atoms with Crippen LogP contribution in [0.15, 0.2) is 24.3 Å². The number of piperazine rings is 1. The average Bonchev–Trinajstić information content (AvgIpc) is 3.14. The monoisotopic (exact) mass is 454 g/mol. The van der Waals surface area contributed by atoms with Gasteiger partial charge in [-0.1, -0.05) is 12.1 Å². The molecule has 1 aliphatic carbocycles. The molecule has 1 spiro atoms. The zero-order chi connectivity index (χ0) is 23.0. The number of carbonyl (C=O) groups excluding carboxylic acids is 2. The van der Waals surface area contributed by atoms with E-state index in [4.69, 9.17) is 0 Å². The predicted octanol–water partition coefficient (Wildman–Crippen LogP) is 2.86. The van der Waals surface area contributed by atoms with Crippen LogP contribution in [0.2, 0.25) is 0 Å². The SMILES string of the molecule is Cc1cccc(N2CCN(C(=O)N3CCC[C@@]4(CCN([C@H]5CC[C@H](O)CC5)C4=O)C3)CC2)c1. The molecule has 3 amide bonds. The lowest BCUT2D eigenvalue weighted by atomic mass is 9.78. The Morgan fingerprint density at radius 2 is 1.73 bits per heavy atom. The largest absolute Gasteiger partial charge is 0.393 e. The van der Waals surface area contributed by atoms with Crippen LogP contribution in [0.5, 0.6) is 0 Å². The van der Waals surface area contributed by atoms with Crippen molar-refractivity contribution in [2.24, 2.45) is 5.41 Å². The number of hydrogen-bond donors (Lipinski definition) is 1. The first-order chi connectivity index (χ1) is 15.9. The minimum Gasteiger partial charge on any atom is -0.393 e. The van der Waals surface area contributed by atoms with Gasteiger partial charge in [0.25, 0.3) is 0 Å². The van der Waals surface area contributed by atoms with Crippen LogP contribution in [0.4, 0.5) is 10.5 Å². The number of aliphatic hydroxyl groups is 1. The van der Waals surface area contributed by atoms with E-state index in [9.17, 15) is 14.7 Å². The lowest BCUT2D eigenvalue weighted by Crippen LogP contribution is -2.57. The van der Waals surface area contributed by atoms with Crippen LogP contribution in [-0.2, 0) is 4.79 Å². The summed E-state index contributed by atoms with van der Waals surface area (Å²) in [6, 6.07) is 8.91. The molecule has 3 aliphatic heterocycles. The van der Waals surface area contributed by atoms with Gasteiger partial charge < -0.3 is 24.7 Å². The number of aryl methyl sites for hydroxylation is 1. The Kier molecular flexibility index (Phi) is 6.25. The second-order valence-electron chi connectivity index (χ2n) is 10.6. The second kappa shape index (κ2) is 9.16. The molecule has 0 radical (unpaired) electrons. The Morgan fingerprint density at radius 3 is 2.45 bits per heavy atom. The maximum absolute atomic E-state index is 13.5. The number of piperidine rings is 1. The molecule has 0 bridgehead atoms. The summed E-state index contributed by atoms with van der Waals surface area (Å²) in [6.45, 7) is 7.36. The first-order valence-electron chi connectivity index (χ1n) is 12.8. The zero-order valence-corrected chi connectivity index (χ0v) is 19.9. The molecule has 5 rings (SSSR count). The van der Waals surface area contributed by atoms with Crippen molar-refractivity contribution in [1.29, 1.82) is 0 Å². The van der Waals surface area contributed by atoms with Crippen molar-refractivity contribution in [3.63, 3.8) is 0 Å². The number of benzene rings is 1. The molecule has 180 valence electrons. The maximum atomic E-state index is 13.5. The second-order valence-corrected chi connectivity index (χ2v) is 10.6. The van der Waals surface area contributed by atoms with Crippen molar-refractivity contribution >= 4 is 17.6 Å². The van der Waals surface area contributed by atoms with E-state index in [0.29, 0.717) is 6.54 Å². The summed E-state index contributed by atoms with van der Waals surface area (Å²) in [5.41, 5.74) is 2.09. The van der Waals surface area contributed by atoms with Gasteiger partial charge in [0.1, 0.15) is 0 Å². The topological polar surface area (TPSA) is 67.3 Å². The lowest BCUT2D eigenvalue weighted by Gasteiger charge is -2.43. The van der Waals surface area contributed by atoms with E-state index in [2.05, 4.69) is 41.0 Å². The van der Waals surface area contributed by atoms with E-state index in [1.165, 1.54) is 11.3 Å². The van der Waals surface area contributed by atoms with Crippen molar-refractivity contribution in [2.75, 3.05) is 50.7 Å². The Balaban J connectivity index is 1.19. The molecule has 0 aromatic heterocycles. The summed E-state index contributed by atoms with van der Waals surface area (Å²) in [7, 11) is 0. The highest BCUT2D eigenvalue weighted by Gasteiger charge is 2.51. The van der Waals surface area contributed by atoms with Crippen molar-refractivity contribution < 1.29 is 14.7 Å². The highest BCUT2D eigenvalue weighted by atomic mass is 16.3. The molecular weight excluding hydrogens is 416 g/mol. The highest BCUT2D eigenvalue weighted by molar-refractivity contribution is 5.86. The summed E-state index contributed by atoms with van der Waals surface area (Å²) in [6.07, 6.45) is 5.83. The fraction of sp³-hybridized carbons (Fsp3) is 0.692. The number of anilines is 1. The molecule has 7 nitrogen and oxygen atoms in total. The fourth-order valence-electron chi connectivity index (χ4n) is 6.42. The van der Waals surface area contributed by atoms with Crippen LogP contribution in [-0.4, -0.2) is 89.7 Å². The predicted molar refractivity (Wildman–Crippen MR) is 128 cm³/mol. The molecule has 0 unspecified atom stereocenters. The summed E-state index contributed by atoms with van der Waals surface area (Å²) in [5.74, 6) is 0.255. The van der Waals surface area contributed by atoms with Gasteiger partial charge in [-0.05, 0) is 69.6 Å². The molecule has 1 saturated carbocycles. The van der Waals surface area contributed by atoms with Crippen molar-refractivity contribution in [1.82, 2.24) is 14.7 Å². The quantitative estimate of drug-likeness (QED) is 0.746. The number of nitrogens with zero attached hydrogens (tertiary/aromatic N) is 4. The standard InChI is InChI=1S/C26H38N4O3/c1-20-4-2-5-22(18-20)27-14-16-28(17-15-27)25(33)29-12-3-10-26(19-29)11-13-30(24(26)32)21-6-8-23(31)9-7-21/h2,4-5,18,21,23,31H,3,6-17,19H2,1H3/t21-,23-,26-/m1/s1. The zero-order valence-electron chi connectivity index (χ0n) is 19.9. The molecule has 1 aromatic rings. The number of aliphatic hydroxyl groups excluding tert-OH is 1. The third-order valence-corrected chi connectivity index (χ3v) is 8.42. The minimum atomic E-state index is -0.395. The van der Waals surface area contributed by atoms with Crippen LogP contribution in [0.25, 0.3) is 0 Å². The van der Waals surface area contributed by atoms with Gasteiger partial charge in [-0.15, -0.1) is 0 Å². The van der Waals surface area contributed by atoms with Crippen molar-refractivity contribution in [3.8, 4) is 0 Å². The number of rotatable bonds is 2. The number of carbonyl (C=O) groups is 2. The van der Waals surface area contributed by atoms with E-state index in [-0.39, 0.29) is 24.1 Å². The normalized spacial score (nSPS) is 30.9. The van der Waals surface area contributed by atoms with Crippen molar-refractivity contribution in [3.05, 3.63) is 29.8 Å². The summed E-state index contributed by atoms with van der Waals surface area (Å²) < 4.78 is 0. The Bertz CT molecular complexity index is 876. The van der Waals surface area contributed by atoms with Crippen LogP contribution in [0.3, 0.4) is 0 Å². The van der Waals surface area contributed by atoms with E-state index >= 15 is 0 Å². The van der Waals surface area contributed by atoms with Crippen LogP contribution in [0, 0.1) is 12.3 Å². The van der Waals surface area contributed by atoms with E-state index < -0.39 is 5.41 Å². The van der Waals surface area contributed by atoms with Gasteiger partial charge in [0.2, 0.25) is 5.91 Å². The molecule has 1 N–H and O–H groups in total. The molecule has 1 atom stereocenters. The molecule has 33 heavy (non-hydrogen) atoms. The van der Waals surface area contributed by atoms with Gasteiger partial charge in [0, 0.05) is 57.5 Å². The van der Waals surface area contributed by atoms with Gasteiger partial charge in [-0.25, -0.2) is 4.79 Å². The van der Waals surface area contributed by atoms with E-state index in [1.807, 2.05) is 9.80 Å². The minimum absolute atomic E-state index is 0.102. The fourth-order valence-corrected chi connectivity index (χ4v) is 6.42. The molecule has 7 heteroatoms. The smallest absolute Gasteiger partial charge is 0.320 e. The Morgan fingerprint density at radius 1 is 0.970 bits per heavy atom. The number of amides is 3. The maximum Gasteiger partial charge on any atom is 0.320 e. The van der Waals surface area contributed by atoms with Crippen molar-refractivity contribution in [2.45, 2.75) is 64.0 Å². The molecule has 3 saturated heterocycles. The highest BCUT2D eigenvalue weighted by Crippen LogP contribution is 2.42. The van der Waals surface area contributed by atoms with Gasteiger partial charge >= 0.3 is 6.03 Å². The Labute approximate surface area is 197 Å². The third-order valence-electron chi connectivity index (χ3n) is 8.42. The summed E-state index contributed by atoms with van der Waals surface area (Å²) >= 11 is 0. The van der Waals surface area contributed by atoms with E-state index in [0.717, 1.165) is 84.2 Å². The molecule has 3 heterocycles. The molecule has 4 fully saturated rings. The van der Waals surface area contributed by atoms with Gasteiger partial charge in [-0.3, -0.25) is 4.79 Å². The van der Waals surface area contributed by atoms with E-state index in [1.54, 1.807) is 0 Å². The van der Waals surface area contributed by atoms with Crippen LogP contribution in [0.1, 0.15) is 50.5 Å². The molecular formula is C26H38N4O3. The first kappa shape index (κ1) is 22.5.